The van der Waals surface area contributed by atoms with E-state index in [0.717, 1.165) is 6.54 Å². The molecule has 0 saturated heterocycles. The smallest absolute Gasteiger partial charge is 0.178 e. The number of hydrogen-bond donors (Lipinski definition) is 0. The van der Waals surface area contributed by atoms with Crippen LogP contribution in [0.15, 0.2) is 79.0 Å². The number of unbranched alkanes of at least 4 members (excludes halogenated alkanes) is 2. The Hall–Kier alpha value is -1.93. The molecule has 2 aromatic carbocycles. The minimum Gasteiger partial charge on any atom is -1.00 e. The number of benzene rings is 2. The molecular weight excluding hydrogens is 370 g/mol. The molecular formula is C23H26BrN. The normalized spacial score (nSPS) is 10.3. The summed E-state index contributed by atoms with van der Waals surface area (Å²) < 4.78 is 2.34. The van der Waals surface area contributed by atoms with Crippen LogP contribution in [0.1, 0.15) is 30.5 Å². The summed E-state index contributed by atoms with van der Waals surface area (Å²) in [4.78, 5) is 0. The Bertz CT molecular complexity index is 751. The Balaban J connectivity index is 0.00000225. The van der Waals surface area contributed by atoms with Crippen LogP contribution in [0.2, 0.25) is 0 Å². The summed E-state index contributed by atoms with van der Waals surface area (Å²) in [5, 5.41) is 0. The standard InChI is InChI=1S/C23H26N.BrH/c1-20-10-7-9-19-24(20)18-8-3-4-11-21-14-16-23(17-15-21)22-12-5-2-6-13-22;/h2,5-7,9-10,12-17,19H,3-4,8,11,18H2,1H3;1H/q+1;/p-1. The number of nitrogens with zero attached hydrogens (tertiary/aromatic N) is 1. The number of aromatic nitrogens is 1. The molecule has 0 N–H and O–H groups in total. The van der Waals surface area contributed by atoms with Gasteiger partial charge in [-0.15, -0.1) is 0 Å². The van der Waals surface area contributed by atoms with E-state index in [-0.39, 0.29) is 17.0 Å². The molecule has 0 amide bonds. The fourth-order valence-electron chi connectivity index (χ4n) is 3.10. The van der Waals surface area contributed by atoms with Gasteiger partial charge >= 0.3 is 0 Å². The molecule has 0 aliphatic carbocycles. The summed E-state index contributed by atoms with van der Waals surface area (Å²) in [6.07, 6.45) is 7.14. The fourth-order valence-corrected chi connectivity index (χ4v) is 3.10. The molecule has 1 aromatic heterocycles. The molecule has 0 atom stereocenters. The Morgan fingerprint density at radius 2 is 1.36 bits per heavy atom. The van der Waals surface area contributed by atoms with Crippen LogP contribution in [0.25, 0.3) is 11.1 Å². The molecule has 0 unspecified atom stereocenters. The SMILES string of the molecule is Cc1cccc[n+]1CCCCCc1ccc(-c2ccccc2)cc1.[Br-]. The molecule has 0 aliphatic rings. The van der Waals surface area contributed by atoms with Gasteiger partial charge in [-0.3, -0.25) is 0 Å². The second-order valence-electron chi connectivity index (χ2n) is 6.41. The Morgan fingerprint density at radius 1 is 0.680 bits per heavy atom. The Labute approximate surface area is 162 Å². The van der Waals surface area contributed by atoms with Crippen molar-refractivity contribution in [3.63, 3.8) is 0 Å². The monoisotopic (exact) mass is 395 g/mol. The van der Waals surface area contributed by atoms with Crippen molar-refractivity contribution < 1.29 is 21.5 Å². The summed E-state index contributed by atoms with van der Waals surface area (Å²) in [7, 11) is 0. The number of hydrogen-bond acceptors (Lipinski definition) is 0. The first kappa shape index (κ1) is 19.4. The second-order valence-corrected chi connectivity index (χ2v) is 6.41. The third kappa shape index (κ3) is 5.82. The maximum absolute atomic E-state index is 2.34. The minimum absolute atomic E-state index is 0. The molecule has 25 heavy (non-hydrogen) atoms. The van der Waals surface area contributed by atoms with E-state index < -0.39 is 0 Å². The summed E-state index contributed by atoms with van der Waals surface area (Å²) in [5.41, 5.74) is 5.38. The fraction of sp³-hybridized carbons (Fsp3) is 0.261. The average molecular weight is 396 g/mol. The summed E-state index contributed by atoms with van der Waals surface area (Å²) in [5.74, 6) is 0. The van der Waals surface area contributed by atoms with Crippen molar-refractivity contribution in [3.05, 3.63) is 90.3 Å². The van der Waals surface area contributed by atoms with Crippen LogP contribution in [-0.4, -0.2) is 0 Å². The first-order valence-electron chi connectivity index (χ1n) is 8.92. The summed E-state index contributed by atoms with van der Waals surface area (Å²) in [6.45, 7) is 3.30. The van der Waals surface area contributed by atoms with Crippen LogP contribution >= 0.6 is 0 Å². The van der Waals surface area contributed by atoms with Gasteiger partial charge in [0.15, 0.2) is 11.9 Å². The van der Waals surface area contributed by atoms with Crippen molar-refractivity contribution in [2.75, 3.05) is 0 Å². The van der Waals surface area contributed by atoms with Gasteiger partial charge in [0.1, 0.15) is 6.54 Å². The Morgan fingerprint density at radius 3 is 2.08 bits per heavy atom. The van der Waals surface area contributed by atoms with Gasteiger partial charge in [0.2, 0.25) is 0 Å². The molecule has 0 bridgehead atoms. The van der Waals surface area contributed by atoms with Crippen molar-refractivity contribution in [2.45, 2.75) is 39.2 Å². The summed E-state index contributed by atoms with van der Waals surface area (Å²) in [6, 6.07) is 26.0. The van der Waals surface area contributed by atoms with Gasteiger partial charge in [0, 0.05) is 25.5 Å². The van der Waals surface area contributed by atoms with Gasteiger partial charge in [0.05, 0.1) is 0 Å². The van der Waals surface area contributed by atoms with Crippen LogP contribution in [0.3, 0.4) is 0 Å². The third-order valence-corrected chi connectivity index (χ3v) is 4.59. The molecule has 0 spiro atoms. The topological polar surface area (TPSA) is 3.88 Å². The van der Waals surface area contributed by atoms with E-state index >= 15 is 0 Å². The largest absolute Gasteiger partial charge is 1.00 e. The number of halogens is 1. The van der Waals surface area contributed by atoms with E-state index in [1.54, 1.807) is 0 Å². The van der Waals surface area contributed by atoms with Crippen molar-refractivity contribution in [1.29, 1.82) is 0 Å². The van der Waals surface area contributed by atoms with Gasteiger partial charge in [-0.25, -0.2) is 4.57 Å². The highest BCUT2D eigenvalue weighted by atomic mass is 79.9. The molecule has 3 aromatic rings. The predicted molar refractivity (Wildman–Crippen MR) is 101 cm³/mol. The zero-order chi connectivity index (χ0) is 16.6. The first-order chi connectivity index (χ1) is 11.8. The molecule has 0 aliphatic heterocycles. The van der Waals surface area contributed by atoms with Gasteiger partial charge in [-0.1, -0.05) is 60.7 Å². The van der Waals surface area contributed by atoms with Crippen molar-refractivity contribution in [1.82, 2.24) is 0 Å². The lowest BCUT2D eigenvalue weighted by atomic mass is 10.0. The van der Waals surface area contributed by atoms with Gasteiger partial charge < -0.3 is 17.0 Å². The highest BCUT2D eigenvalue weighted by molar-refractivity contribution is 5.63. The highest BCUT2D eigenvalue weighted by Gasteiger charge is 2.03. The zero-order valence-corrected chi connectivity index (χ0v) is 16.5. The van der Waals surface area contributed by atoms with Gasteiger partial charge in [-0.2, -0.15) is 0 Å². The first-order valence-corrected chi connectivity index (χ1v) is 8.92. The van der Waals surface area contributed by atoms with Crippen LogP contribution < -0.4 is 21.5 Å². The highest BCUT2D eigenvalue weighted by Crippen LogP contribution is 2.19. The van der Waals surface area contributed by atoms with Crippen molar-refractivity contribution >= 4 is 0 Å². The average Bonchev–Trinajstić information content (AvgIpc) is 2.64. The predicted octanol–water partition coefficient (Wildman–Crippen LogP) is 2.37. The molecule has 3 rings (SSSR count). The maximum Gasteiger partial charge on any atom is 0.178 e. The number of rotatable bonds is 7. The lowest BCUT2D eigenvalue weighted by Gasteiger charge is -2.05. The van der Waals surface area contributed by atoms with E-state index in [9.17, 15) is 0 Å². The lowest BCUT2D eigenvalue weighted by molar-refractivity contribution is -0.703. The molecule has 0 radical (unpaired) electrons. The number of pyridine rings is 1. The molecule has 1 heterocycles. The maximum atomic E-state index is 2.34. The lowest BCUT2D eigenvalue weighted by Crippen LogP contribution is -3.00. The van der Waals surface area contributed by atoms with Crippen LogP contribution in [0.5, 0.6) is 0 Å². The van der Waals surface area contributed by atoms with Crippen LogP contribution in [0, 0.1) is 6.92 Å². The van der Waals surface area contributed by atoms with E-state index in [1.165, 1.54) is 48.1 Å². The van der Waals surface area contributed by atoms with E-state index in [2.05, 4.69) is 90.5 Å². The van der Waals surface area contributed by atoms with Gasteiger partial charge in [0.25, 0.3) is 0 Å². The molecule has 1 nitrogen and oxygen atoms in total. The van der Waals surface area contributed by atoms with Crippen molar-refractivity contribution in [2.24, 2.45) is 0 Å². The van der Waals surface area contributed by atoms with Gasteiger partial charge in [-0.05, 0) is 36.0 Å². The van der Waals surface area contributed by atoms with E-state index in [4.69, 9.17) is 0 Å². The molecule has 130 valence electrons. The number of aryl methyl sites for hydroxylation is 3. The van der Waals surface area contributed by atoms with Crippen molar-refractivity contribution in [3.8, 4) is 11.1 Å². The van der Waals surface area contributed by atoms with Crippen LogP contribution in [0.4, 0.5) is 0 Å². The second kappa shape index (κ2) is 10.1. The van der Waals surface area contributed by atoms with E-state index in [1.807, 2.05) is 0 Å². The zero-order valence-electron chi connectivity index (χ0n) is 14.9. The molecule has 0 fully saturated rings. The molecule has 0 saturated carbocycles. The van der Waals surface area contributed by atoms with E-state index in [0.29, 0.717) is 0 Å². The summed E-state index contributed by atoms with van der Waals surface area (Å²) >= 11 is 0. The van der Waals surface area contributed by atoms with Crippen LogP contribution in [-0.2, 0) is 13.0 Å². The third-order valence-electron chi connectivity index (χ3n) is 4.59. The molecule has 2 heteroatoms. The quantitative estimate of drug-likeness (QED) is 0.427. The minimum atomic E-state index is 0. The Kier molecular flexibility index (Phi) is 7.87.